The van der Waals surface area contributed by atoms with Crippen LogP contribution in [-0.2, 0) is 12.8 Å². The predicted octanol–water partition coefficient (Wildman–Crippen LogP) is 2.38. The number of aliphatic hydroxyl groups excluding tert-OH is 1. The van der Waals surface area contributed by atoms with Gasteiger partial charge in [-0.25, -0.2) is 0 Å². The Balaban J connectivity index is 2.22. The van der Waals surface area contributed by atoms with Crippen LogP contribution in [0.25, 0.3) is 0 Å². The molecule has 0 aromatic heterocycles. The van der Waals surface area contributed by atoms with Crippen LogP contribution in [0, 0.1) is 0 Å². The summed E-state index contributed by atoms with van der Waals surface area (Å²) < 4.78 is 0. The Morgan fingerprint density at radius 1 is 1.44 bits per heavy atom. The van der Waals surface area contributed by atoms with Crippen molar-refractivity contribution in [2.75, 3.05) is 18.5 Å². The van der Waals surface area contributed by atoms with E-state index in [4.69, 9.17) is 0 Å². The van der Waals surface area contributed by atoms with Crippen LogP contribution in [0.5, 0.6) is 0 Å². The second-order valence-corrected chi connectivity index (χ2v) is 4.83. The SMILES string of the molecule is CC(O)CCc1cccc2c1CCCN2C. The Labute approximate surface area is 97.9 Å². The van der Waals surface area contributed by atoms with Gasteiger partial charge < -0.3 is 10.0 Å². The molecular formula is C14H21NO. The first-order valence-electron chi connectivity index (χ1n) is 6.18. The van der Waals surface area contributed by atoms with Crippen LogP contribution in [0.15, 0.2) is 18.2 Å². The quantitative estimate of drug-likeness (QED) is 0.843. The minimum absolute atomic E-state index is 0.197. The van der Waals surface area contributed by atoms with E-state index >= 15 is 0 Å². The van der Waals surface area contributed by atoms with Crippen molar-refractivity contribution < 1.29 is 5.11 Å². The number of anilines is 1. The molecule has 0 radical (unpaired) electrons. The Morgan fingerprint density at radius 3 is 3.00 bits per heavy atom. The lowest BCUT2D eigenvalue weighted by atomic mass is 9.93. The molecular weight excluding hydrogens is 198 g/mol. The summed E-state index contributed by atoms with van der Waals surface area (Å²) in [5.74, 6) is 0. The summed E-state index contributed by atoms with van der Waals surface area (Å²) in [6.45, 7) is 3.02. The van der Waals surface area contributed by atoms with Crippen LogP contribution in [0.3, 0.4) is 0 Å². The lowest BCUT2D eigenvalue weighted by Crippen LogP contribution is -2.25. The third-order valence-corrected chi connectivity index (χ3v) is 3.41. The number of fused-ring (bicyclic) bond motifs is 1. The molecule has 88 valence electrons. The van der Waals surface area contributed by atoms with Gasteiger partial charge in [0.1, 0.15) is 0 Å². The summed E-state index contributed by atoms with van der Waals surface area (Å²) in [5.41, 5.74) is 4.30. The van der Waals surface area contributed by atoms with Crippen molar-refractivity contribution >= 4 is 5.69 Å². The van der Waals surface area contributed by atoms with Gasteiger partial charge in [0, 0.05) is 19.3 Å². The molecule has 0 aliphatic carbocycles. The highest BCUT2D eigenvalue weighted by molar-refractivity contribution is 5.58. The number of nitrogens with zero attached hydrogens (tertiary/aromatic N) is 1. The van der Waals surface area contributed by atoms with Gasteiger partial charge in [0.2, 0.25) is 0 Å². The molecule has 2 rings (SSSR count). The van der Waals surface area contributed by atoms with E-state index in [1.165, 1.54) is 29.7 Å². The van der Waals surface area contributed by atoms with Gasteiger partial charge in [-0.2, -0.15) is 0 Å². The smallest absolute Gasteiger partial charge is 0.0515 e. The van der Waals surface area contributed by atoms with E-state index in [9.17, 15) is 5.11 Å². The molecule has 0 fully saturated rings. The molecule has 1 aliphatic rings. The van der Waals surface area contributed by atoms with Crippen LogP contribution < -0.4 is 4.90 Å². The summed E-state index contributed by atoms with van der Waals surface area (Å²) in [7, 11) is 2.16. The molecule has 2 heteroatoms. The van der Waals surface area contributed by atoms with Crippen molar-refractivity contribution in [1.82, 2.24) is 0 Å². The van der Waals surface area contributed by atoms with Gasteiger partial charge in [0.15, 0.2) is 0 Å². The van der Waals surface area contributed by atoms with Gasteiger partial charge in [0.25, 0.3) is 0 Å². The zero-order valence-corrected chi connectivity index (χ0v) is 10.2. The summed E-state index contributed by atoms with van der Waals surface area (Å²) in [4.78, 5) is 2.34. The van der Waals surface area contributed by atoms with Gasteiger partial charge in [-0.3, -0.25) is 0 Å². The monoisotopic (exact) mass is 219 g/mol. The fourth-order valence-electron chi connectivity index (χ4n) is 2.48. The van der Waals surface area contributed by atoms with Crippen molar-refractivity contribution in [2.45, 2.75) is 38.7 Å². The molecule has 2 nitrogen and oxygen atoms in total. The van der Waals surface area contributed by atoms with Crippen molar-refractivity contribution in [3.05, 3.63) is 29.3 Å². The number of benzene rings is 1. The fourth-order valence-corrected chi connectivity index (χ4v) is 2.48. The van der Waals surface area contributed by atoms with E-state index in [1.807, 2.05) is 6.92 Å². The van der Waals surface area contributed by atoms with Crippen molar-refractivity contribution in [3.63, 3.8) is 0 Å². The second kappa shape index (κ2) is 4.88. The highest BCUT2D eigenvalue weighted by Gasteiger charge is 2.16. The van der Waals surface area contributed by atoms with Crippen LogP contribution in [0.4, 0.5) is 5.69 Å². The first-order valence-corrected chi connectivity index (χ1v) is 6.18. The molecule has 1 N–H and O–H groups in total. The Bertz CT molecular complexity index is 360. The molecule has 0 saturated carbocycles. The van der Waals surface area contributed by atoms with E-state index in [0.717, 1.165) is 19.4 Å². The normalized spacial score (nSPS) is 17.1. The Hall–Kier alpha value is -1.02. The highest BCUT2D eigenvalue weighted by Crippen LogP contribution is 2.29. The standard InChI is InChI=1S/C14H21NO/c1-11(16)8-9-12-5-3-7-14-13(12)6-4-10-15(14)2/h3,5,7,11,16H,4,6,8-10H2,1-2H3. The molecule has 1 aromatic carbocycles. The number of aryl methyl sites for hydroxylation is 1. The van der Waals surface area contributed by atoms with Gasteiger partial charge in [-0.1, -0.05) is 12.1 Å². The summed E-state index contributed by atoms with van der Waals surface area (Å²) >= 11 is 0. The average Bonchev–Trinajstić information content (AvgIpc) is 2.27. The molecule has 16 heavy (non-hydrogen) atoms. The second-order valence-electron chi connectivity index (χ2n) is 4.83. The number of hydrogen-bond acceptors (Lipinski definition) is 2. The summed E-state index contributed by atoms with van der Waals surface area (Å²) in [6.07, 6.45) is 4.09. The summed E-state index contributed by atoms with van der Waals surface area (Å²) in [6, 6.07) is 6.55. The number of hydrogen-bond donors (Lipinski definition) is 1. The number of rotatable bonds is 3. The zero-order chi connectivity index (χ0) is 11.5. The predicted molar refractivity (Wildman–Crippen MR) is 68.0 cm³/mol. The number of aliphatic hydroxyl groups is 1. The van der Waals surface area contributed by atoms with Crippen molar-refractivity contribution in [1.29, 1.82) is 0 Å². The lowest BCUT2D eigenvalue weighted by Gasteiger charge is -2.29. The Kier molecular flexibility index (Phi) is 3.49. The van der Waals surface area contributed by atoms with Crippen LogP contribution in [0.2, 0.25) is 0 Å². The molecule has 1 unspecified atom stereocenters. The first-order chi connectivity index (χ1) is 7.68. The Morgan fingerprint density at radius 2 is 2.25 bits per heavy atom. The van der Waals surface area contributed by atoms with Gasteiger partial charge in [-0.15, -0.1) is 0 Å². The van der Waals surface area contributed by atoms with Crippen molar-refractivity contribution in [3.8, 4) is 0 Å². The topological polar surface area (TPSA) is 23.5 Å². The highest BCUT2D eigenvalue weighted by atomic mass is 16.3. The van der Waals surface area contributed by atoms with Crippen molar-refractivity contribution in [2.24, 2.45) is 0 Å². The maximum atomic E-state index is 9.36. The van der Waals surface area contributed by atoms with Crippen LogP contribution in [0.1, 0.15) is 30.9 Å². The van der Waals surface area contributed by atoms with Gasteiger partial charge in [-0.05, 0) is 49.8 Å². The van der Waals surface area contributed by atoms with Crippen LogP contribution >= 0.6 is 0 Å². The molecule has 1 atom stereocenters. The maximum absolute atomic E-state index is 9.36. The largest absolute Gasteiger partial charge is 0.393 e. The summed E-state index contributed by atoms with van der Waals surface area (Å²) in [5, 5.41) is 9.36. The molecule has 1 aliphatic heterocycles. The maximum Gasteiger partial charge on any atom is 0.0515 e. The van der Waals surface area contributed by atoms with E-state index in [2.05, 4.69) is 30.1 Å². The van der Waals surface area contributed by atoms with Gasteiger partial charge in [0.05, 0.1) is 6.10 Å². The first kappa shape index (κ1) is 11.5. The minimum atomic E-state index is -0.197. The fraction of sp³-hybridized carbons (Fsp3) is 0.571. The third kappa shape index (κ3) is 2.38. The zero-order valence-electron chi connectivity index (χ0n) is 10.2. The minimum Gasteiger partial charge on any atom is -0.393 e. The molecule has 1 heterocycles. The molecule has 0 bridgehead atoms. The third-order valence-electron chi connectivity index (χ3n) is 3.41. The lowest BCUT2D eigenvalue weighted by molar-refractivity contribution is 0.185. The van der Waals surface area contributed by atoms with Crippen LogP contribution in [-0.4, -0.2) is 24.8 Å². The molecule has 0 saturated heterocycles. The van der Waals surface area contributed by atoms with E-state index < -0.39 is 0 Å². The van der Waals surface area contributed by atoms with E-state index in [-0.39, 0.29) is 6.10 Å². The van der Waals surface area contributed by atoms with E-state index in [1.54, 1.807) is 0 Å². The average molecular weight is 219 g/mol. The molecule has 0 amide bonds. The molecule has 0 spiro atoms. The van der Waals surface area contributed by atoms with Gasteiger partial charge >= 0.3 is 0 Å². The van der Waals surface area contributed by atoms with E-state index in [0.29, 0.717) is 0 Å². The molecule has 1 aromatic rings.